The summed E-state index contributed by atoms with van der Waals surface area (Å²) in [5.74, 6) is -1.48. The number of anilines is 1. The van der Waals surface area contributed by atoms with Crippen LogP contribution >= 0.6 is 34.3 Å². The van der Waals surface area contributed by atoms with Crippen molar-refractivity contribution in [1.82, 2.24) is 30.2 Å². The van der Waals surface area contributed by atoms with E-state index < -0.39 is 93.4 Å². The van der Waals surface area contributed by atoms with Gasteiger partial charge in [-0.15, -0.1) is 0 Å². The summed E-state index contributed by atoms with van der Waals surface area (Å²) in [6.07, 6.45) is -6.02. The van der Waals surface area contributed by atoms with Gasteiger partial charge < -0.3 is 50.9 Å². The Morgan fingerprint density at radius 1 is 1.10 bits per heavy atom. The predicted octanol–water partition coefficient (Wildman–Crippen LogP) is -1.90. The number of carbonyl (C=O) groups excluding carboxylic acids is 2. The zero-order valence-electron chi connectivity index (χ0n) is 27.4. The molecule has 2 aromatic heterocycles. The molecule has 52 heavy (non-hydrogen) atoms. The molecule has 10 N–H and O–H groups in total. The molecule has 25 nitrogen and oxygen atoms in total. The minimum Gasteiger partial charge on any atom is -0.386 e. The first-order valence-corrected chi connectivity index (χ1v) is 22.5. The quantitative estimate of drug-likeness (QED) is 0.0399. The molecular weight excluding hydrogens is 807 g/mol. The highest BCUT2D eigenvalue weighted by Crippen LogP contribution is 2.61. The molecule has 0 saturated carbocycles. The molecule has 3 rings (SSSR count). The Hall–Kier alpha value is -2.16. The normalized spacial score (nSPS) is 22.8. The maximum absolute atomic E-state index is 12.6. The monoisotopic (exact) mass is 845 g/mol. The summed E-state index contributed by atoms with van der Waals surface area (Å²) in [4.78, 5) is 75.0. The first-order valence-electron chi connectivity index (χ1n) is 14.5. The van der Waals surface area contributed by atoms with E-state index in [9.17, 15) is 61.5 Å². The molecular formula is C22H38N7O18P3S2. The number of nitrogens with two attached hydrogens (primary N) is 1. The number of fused-ring (bicyclic) bond motifs is 1. The van der Waals surface area contributed by atoms with Gasteiger partial charge >= 0.3 is 23.5 Å². The number of amides is 2. The molecule has 1 fully saturated rings. The molecule has 1 saturated heterocycles. The molecule has 0 aliphatic carbocycles. The average Bonchev–Trinajstić information content (AvgIpc) is 3.56. The van der Waals surface area contributed by atoms with Crippen LogP contribution < -0.4 is 16.4 Å². The molecule has 2 unspecified atom stereocenters. The number of imidazole rings is 1. The van der Waals surface area contributed by atoms with Crippen molar-refractivity contribution in [2.75, 3.05) is 44.0 Å². The lowest BCUT2D eigenvalue weighted by molar-refractivity contribution is -0.137. The zero-order chi connectivity index (χ0) is 39.3. The van der Waals surface area contributed by atoms with Gasteiger partial charge in [0, 0.05) is 36.9 Å². The van der Waals surface area contributed by atoms with Gasteiger partial charge in [-0.3, -0.25) is 27.7 Å². The maximum atomic E-state index is 12.6. The highest BCUT2D eigenvalue weighted by Gasteiger charge is 2.50. The largest absolute Gasteiger partial charge is 0.481 e. The lowest BCUT2D eigenvalue weighted by Crippen LogP contribution is -2.46. The Morgan fingerprint density at radius 3 is 2.38 bits per heavy atom. The van der Waals surface area contributed by atoms with Crippen molar-refractivity contribution in [3.8, 4) is 0 Å². The molecule has 30 heteroatoms. The van der Waals surface area contributed by atoms with Crippen molar-refractivity contribution in [3.63, 3.8) is 0 Å². The van der Waals surface area contributed by atoms with Gasteiger partial charge in [-0.25, -0.2) is 37.1 Å². The molecule has 0 radical (unpaired) electrons. The van der Waals surface area contributed by atoms with E-state index >= 15 is 0 Å². The number of aliphatic hydroxyl groups is 2. The Bertz CT molecular complexity index is 1850. The Kier molecular flexibility index (Phi) is 14.9. The number of phosphoric ester groups is 3. The summed E-state index contributed by atoms with van der Waals surface area (Å²) < 4.78 is 84.0. The number of ether oxygens (including phenoxy) is 1. The number of nitrogen functional groups attached to an aromatic ring is 1. The molecule has 2 amide bonds. The van der Waals surface area contributed by atoms with Crippen LogP contribution in [0.25, 0.3) is 11.2 Å². The predicted molar refractivity (Wildman–Crippen MR) is 177 cm³/mol. The SMILES string of the molecule is CC(C)(COP(=O)(O)OP(=O)(O)OC[C@H]1O[C@@H](n2cnc3c(N)ncnc32)[C@H](O)[C@@H]1OP(=O)(O)O)[C@@H](O)C(=O)NCCC(=O)NCCSS(C)(=O)=O. The van der Waals surface area contributed by atoms with Crippen molar-refractivity contribution in [2.45, 2.75) is 50.9 Å². The van der Waals surface area contributed by atoms with Crippen LogP contribution in [-0.4, -0.2) is 132 Å². The molecule has 1 aliphatic rings. The zero-order valence-corrected chi connectivity index (χ0v) is 31.7. The molecule has 2 aromatic rings. The fourth-order valence-electron chi connectivity index (χ4n) is 4.32. The Morgan fingerprint density at radius 2 is 1.75 bits per heavy atom. The van der Waals surface area contributed by atoms with Crippen LogP contribution in [0.15, 0.2) is 12.7 Å². The van der Waals surface area contributed by atoms with Gasteiger partial charge in [-0.05, 0) is 10.8 Å². The van der Waals surface area contributed by atoms with E-state index in [1.54, 1.807) is 0 Å². The van der Waals surface area contributed by atoms with Crippen LogP contribution in [0.5, 0.6) is 0 Å². The summed E-state index contributed by atoms with van der Waals surface area (Å²) in [5, 5.41) is 26.0. The molecule has 0 bridgehead atoms. The number of hydrogen-bond donors (Lipinski definition) is 9. The van der Waals surface area contributed by atoms with E-state index in [1.807, 2.05) is 0 Å². The third kappa shape index (κ3) is 13.3. The van der Waals surface area contributed by atoms with E-state index in [-0.39, 0.29) is 42.2 Å². The van der Waals surface area contributed by atoms with Crippen LogP contribution in [0.3, 0.4) is 0 Å². The third-order valence-electron chi connectivity index (χ3n) is 6.80. The van der Waals surface area contributed by atoms with E-state index in [1.165, 1.54) is 13.8 Å². The molecule has 296 valence electrons. The van der Waals surface area contributed by atoms with Gasteiger partial charge in [0.25, 0.3) is 0 Å². The summed E-state index contributed by atoms with van der Waals surface area (Å²) in [7, 11) is -19.0. The number of nitrogens with zero attached hydrogens (tertiary/aromatic N) is 4. The second-order valence-corrected chi connectivity index (χ2v) is 20.4. The topological polar surface area (TPSA) is 381 Å². The van der Waals surface area contributed by atoms with Crippen molar-refractivity contribution < 1.29 is 84.1 Å². The number of rotatable bonds is 20. The van der Waals surface area contributed by atoms with E-state index in [2.05, 4.69) is 34.4 Å². The Balaban J connectivity index is 1.54. The van der Waals surface area contributed by atoms with Crippen LogP contribution in [0, 0.1) is 5.41 Å². The standard InChI is InChI=1S/C22H38N7O18P3S2/c1-22(2,17(32)20(33)25-5-4-13(30)24-6-7-51-52(3,41)42)9-44-50(39,40)47-49(37,38)43-8-12-16(46-48(34,35)36)15(31)21(45-12)29-11-28-14-18(23)26-10-27-19(14)29/h10-12,15-17,21,31-32H,4-9H2,1-3H3,(H,24,30)(H,25,33)(H,37,38)(H,39,40)(H2,23,26,27)(H2,34,35,36)/t12-,15-,16-,17+,21-/m1/s1. The number of phosphoric acid groups is 3. The lowest BCUT2D eigenvalue weighted by atomic mass is 9.87. The number of aliphatic hydroxyl groups excluding tert-OH is 2. The molecule has 0 aromatic carbocycles. The van der Waals surface area contributed by atoms with Crippen LogP contribution in [0.2, 0.25) is 0 Å². The van der Waals surface area contributed by atoms with Gasteiger partial charge in [0.2, 0.25) is 11.8 Å². The average molecular weight is 846 g/mol. The minimum absolute atomic E-state index is 0.0238. The number of carbonyl (C=O) groups is 2. The second-order valence-electron chi connectivity index (χ2n) is 11.6. The molecule has 1 aliphatic heterocycles. The fraction of sp³-hybridized carbons (Fsp3) is 0.682. The summed E-state index contributed by atoms with van der Waals surface area (Å²) in [6.45, 7) is 0.211. The number of nitrogens with one attached hydrogen (secondary N) is 2. The second kappa shape index (κ2) is 17.5. The van der Waals surface area contributed by atoms with E-state index in [0.717, 1.165) is 23.5 Å². The van der Waals surface area contributed by atoms with Crippen LogP contribution in [0.1, 0.15) is 26.5 Å². The van der Waals surface area contributed by atoms with Crippen molar-refractivity contribution in [2.24, 2.45) is 5.41 Å². The molecule has 7 atom stereocenters. The summed E-state index contributed by atoms with van der Waals surface area (Å²) in [6, 6.07) is 0. The minimum atomic E-state index is -5.57. The highest BCUT2D eigenvalue weighted by molar-refractivity contribution is 8.71. The van der Waals surface area contributed by atoms with Crippen molar-refractivity contribution in [1.29, 1.82) is 0 Å². The van der Waals surface area contributed by atoms with E-state index in [0.29, 0.717) is 10.8 Å². The summed E-state index contributed by atoms with van der Waals surface area (Å²) in [5.41, 5.74) is 4.21. The maximum Gasteiger partial charge on any atom is 0.481 e. The fourth-order valence-corrected chi connectivity index (χ4v) is 8.80. The van der Waals surface area contributed by atoms with Gasteiger partial charge in [0.1, 0.15) is 36.3 Å². The lowest BCUT2D eigenvalue weighted by Gasteiger charge is -2.30. The Labute approximate surface area is 298 Å². The van der Waals surface area contributed by atoms with Crippen molar-refractivity contribution >= 4 is 71.9 Å². The van der Waals surface area contributed by atoms with Gasteiger partial charge in [-0.1, -0.05) is 13.8 Å². The number of aromatic nitrogens is 4. The summed E-state index contributed by atoms with van der Waals surface area (Å²) >= 11 is 0. The van der Waals surface area contributed by atoms with Crippen LogP contribution in [0.4, 0.5) is 5.82 Å². The third-order valence-corrected chi connectivity index (χ3v) is 12.5. The van der Waals surface area contributed by atoms with Gasteiger partial charge in [-0.2, -0.15) is 4.31 Å². The first kappa shape index (κ1) is 44.2. The molecule has 3 heterocycles. The first-order chi connectivity index (χ1) is 23.8. The smallest absolute Gasteiger partial charge is 0.386 e. The highest BCUT2D eigenvalue weighted by atomic mass is 33.1. The van der Waals surface area contributed by atoms with Crippen molar-refractivity contribution in [3.05, 3.63) is 12.7 Å². The van der Waals surface area contributed by atoms with Crippen LogP contribution in [-0.2, 0) is 54.8 Å². The van der Waals surface area contributed by atoms with Gasteiger partial charge in [0.15, 0.2) is 26.6 Å². The van der Waals surface area contributed by atoms with Gasteiger partial charge in [0.05, 0.1) is 19.5 Å². The number of hydrogen-bond acceptors (Lipinski definition) is 19. The van der Waals surface area contributed by atoms with E-state index in [4.69, 9.17) is 19.5 Å². The molecule has 0 spiro atoms.